The fourth-order valence-corrected chi connectivity index (χ4v) is 3.21. The van der Waals surface area contributed by atoms with Crippen molar-refractivity contribution in [3.05, 3.63) is 52.1 Å². The van der Waals surface area contributed by atoms with Gasteiger partial charge in [0.15, 0.2) is 0 Å². The van der Waals surface area contributed by atoms with Crippen LogP contribution >= 0.6 is 0 Å². The highest BCUT2D eigenvalue weighted by Gasteiger charge is 2.23. The summed E-state index contributed by atoms with van der Waals surface area (Å²) in [6.07, 6.45) is 0.891. The Morgan fingerprint density at radius 1 is 1.11 bits per heavy atom. The summed E-state index contributed by atoms with van der Waals surface area (Å²) in [6.45, 7) is 10.2. The van der Waals surface area contributed by atoms with Gasteiger partial charge in [0, 0.05) is 6.54 Å². The molecule has 148 valence electrons. The number of aromatic nitrogens is 4. The first-order valence-electron chi connectivity index (χ1n) is 9.63. The van der Waals surface area contributed by atoms with E-state index in [-0.39, 0.29) is 11.5 Å². The zero-order valence-corrected chi connectivity index (χ0v) is 17.1. The molecule has 3 aromatic rings. The summed E-state index contributed by atoms with van der Waals surface area (Å²) in [4.78, 5) is 25.6. The summed E-state index contributed by atoms with van der Waals surface area (Å²) in [7, 11) is 0. The number of carbonyl (C=O) groups excluding carboxylic acids is 1. The van der Waals surface area contributed by atoms with Crippen LogP contribution in [0.4, 0.5) is 0 Å². The van der Waals surface area contributed by atoms with Crippen LogP contribution in [0.5, 0.6) is 0 Å². The maximum absolute atomic E-state index is 13.1. The standard InChI is InChI=1S/C21H27N5O2/c1-13(2)11-12-22-20(27)16(5)26-21(28)18-15(4)25(17-9-7-6-8-10-17)24-19(18)14(3)23-26/h6-10,13,16H,11-12H2,1-5H3,(H,22,27). The second kappa shape index (κ2) is 7.96. The molecule has 1 amide bonds. The summed E-state index contributed by atoms with van der Waals surface area (Å²) in [5.74, 6) is 0.295. The van der Waals surface area contributed by atoms with E-state index in [1.165, 1.54) is 4.68 Å². The third-order valence-corrected chi connectivity index (χ3v) is 4.91. The lowest BCUT2D eigenvalue weighted by Gasteiger charge is -2.15. The number of rotatable bonds is 6. The minimum atomic E-state index is -0.692. The van der Waals surface area contributed by atoms with E-state index in [4.69, 9.17) is 0 Å². The number of nitrogens with one attached hydrogen (secondary N) is 1. The lowest BCUT2D eigenvalue weighted by molar-refractivity contribution is -0.124. The smallest absolute Gasteiger partial charge is 0.278 e. The largest absolute Gasteiger partial charge is 0.354 e. The molecule has 1 N–H and O–H groups in total. The summed E-state index contributed by atoms with van der Waals surface area (Å²) in [5.41, 5.74) is 2.50. The molecule has 0 aliphatic heterocycles. The van der Waals surface area contributed by atoms with Crippen molar-refractivity contribution in [1.82, 2.24) is 24.9 Å². The van der Waals surface area contributed by atoms with Gasteiger partial charge in [0.2, 0.25) is 5.91 Å². The van der Waals surface area contributed by atoms with Crippen molar-refractivity contribution < 1.29 is 4.79 Å². The normalized spacial score (nSPS) is 12.5. The van der Waals surface area contributed by atoms with Crippen molar-refractivity contribution in [1.29, 1.82) is 0 Å². The molecule has 0 fully saturated rings. The quantitative estimate of drug-likeness (QED) is 0.712. The fraction of sp³-hybridized carbons (Fsp3) is 0.429. The molecule has 28 heavy (non-hydrogen) atoms. The third kappa shape index (κ3) is 3.69. The molecule has 2 aromatic heterocycles. The average Bonchev–Trinajstić information content (AvgIpc) is 3.02. The van der Waals surface area contributed by atoms with Crippen molar-refractivity contribution >= 4 is 16.8 Å². The van der Waals surface area contributed by atoms with Gasteiger partial charge >= 0.3 is 0 Å². The number of fused-ring (bicyclic) bond motifs is 1. The number of benzene rings is 1. The number of nitrogens with zero attached hydrogens (tertiary/aromatic N) is 4. The molecule has 0 radical (unpaired) electrons. The Kier molecular flexibility index (Phi) is 5.63. The highest BCUT2D eigenvalue weighted by Crippen LogP contribution is 2.20. The number of aryl methyl sites for hydroxylation is 2. The van der Waals surface area contributed by atoms with E-state index in [9.17, 15) is 9.59 Å². The highest BCUT2D eigenvalue weighted by molar-refractivity contribution is 5.84. The van der Waals surface area contributed by atoms with Crippen molar-refractivity contribution in [3.8, 4) is 5.69 Å². The van der Waals surface area contributed by atoms with Crippen LogP contribution in [-0.4, -0.2) is 32.0 Å². The fourth-order valence-electron chi connectivity index (χ4n) is 3.21. The van der Waals surface area contributed by atoms with E-state index in [0.717, 1.165) is 17.8 Å². The predicted molar refractivity (Wildman–Crippen MR) is 110 cm³/mol. The average molecular weight is 381 g/mol. The first-order chi connectivity index (χ1) is 13.3. The number of amides is 1. The van der Waals surface area contributed by atoms with Crippen LogP contribution in [0.1, 0.15) is 44.6 Å². The topological polar surface area (TPSA) is 81.8 Å². The van der Waals surface area contributed by atoms with Crippen LogP contribution in [-0.2, 0) is 4.79 Å². The zero-order valence-electron chi connectivity index (χ0n) is 17.1. The monoisotopic (exact) mass is 381 g/mol. The van der Waals surface area contributed by atoms with Crippen LogP contribution in [0.15, 0.2) is 35.1 Å². The van der Waals surface area contributed by atoms with Gasteiger partial charge in [-0.15, -0.1) is 0 Å². The van der Waals surface area contributed by atoms with Gasteiger partial charge in [-0.3, -0.25) is 9.59 Å². The number of para-hydroxylation sites is 1. The molecule has 2 heterocycles. The van der Waals surface area contributed by atoms with Crippen LogP contribution in [0, 0.1) is 19.8 Å². The summed E-state index contributed by atoms with van der Waals surface area (Å²) in [5, 5.41) is 12.4. The highest BCUT2D eigenvalue weighted by atomic mass is 16.2. The van der Waals surface area contributed by atoms with E-state index < -0.39 is 6.04 Å². The van der Waals surface area contributed by atoms with Gasteiger partial charge in [-0.1, -0.05) is 32.0 Å². The van der Waals surface area contributed by atoms with Crippen LogP contribution in [0.25, 0.3) is 16.6 Å². The molecule has 0 spiro atoms. The van der Waals surface area contributed by atoms with Crippen molar-refractivity contribution in [3.63, 3.8) is 0 Å². The van der Waals surface area contributed by atoms with Gasteiger partial charge in [0.25, 0.3) is 5.56 Å². The van der Waals surface area contributed by atoms with Gasteiger partial charge < -0.3 is 5.32 Å². The Balaban J connectivity index is 2.02. The maximum Gasteiger partial charge on any atom is 0.278 e. The molecule has 0 saturated heterocycles. The molecule has 3 rings (SSSR count). The zero-order chi connectivity index (χ0) is 20.4. The van der Waals surface area contributed by atoms with Gasteiger partial charge in [-0.25, -0.2) is 9.36 Å². The van der Waals surface area contributed by atoms with E-state index in [1.54, 1.807) is 11.6 Å². The second-order valence-electron chi connectivity index (χ2n) is 7.54. The first kappa shape index (κ1) is 19.8. The summed E-state index contributed by atoms with van der Waals surface area (Å²) < 4.78 is 3.02. The molecule has 7 heteroatoms. The molecular weight excluding hydrogens is 354 g/mol. The second-order valence-corrected chi connectivity index (χ2v) is 7.54. The molecule has 1 aromatic carbocycles. The van der Waals surface area contributed by atoms with Crippen molar-refractivity contribution in [2.24, 2.45) is 5.92 Å². The number of carbonyl (C=O) groups is 1. The van der Waals surface area contributed by atoms with Crippen molar-refractivity contribution in [2.75, 3.05) is 6.54 Å². The van der Waals surface area contributed by atoms with E-state index in [2.05, 4.69) is 29.4 Å². The molecule has 0 bridgehead atoms. The molecule has 0 saturated carbocycles. The van der Waals surface area contributed by atoms with Gasteiger partial charge in [0.05, 0.1) is 22.5 Å². The summed E-state index contributed by atoms with van der Waals surface area (Å²) >= 11 is 0. The van der Waals surface area contributed by atoms with E-state index in [1.807, 2.05) is 44.2 Å². The molecule has 0 aliphatic rings. The van der Waals surface area contributed by atoms with Crippen LogP contribution in [0.3, 0.4) is 0 Å². The Morgan fingerprint density at radius 2 is 1.79 bits per heavy atom. The Bertz CT molecular complexity index is 1050. The van der Waals surface area contributed by atoms with Gasteiger partial charge in [-0.2, -0.15) is 10.2 Å². The molecule has 7 nitrogen and oxygen atoms in total. The number of hydrogen-bond donors (Lipinski definition) is 1. The number of hydrogen-bond acceptors (Lipinski definition) is 4. The minimum Gasteiger partial charge on any atom is -0.354 e. The van der Waals surface area contributed by atoms with E-state index in [0.29, 0.717) is 29.1 Å². The SMILES string of the molecule is Cc1nn(C(C)C(=O)NCCC(C)C)c(=O)c2c(C)n(-c3ccccc3)nc12. The lowest BCUT2D eigenvalue weighted by atomic mass is 10.1. The third-order valence-electron chi connectivity index (χ3n) is 4.91. The Hall–Kier alpha value is -2.96. The minimum absolute atomic E-state index is 0.206. The van der Waals surface area contributed by atoms with Gasteiger partial charge in [-0.05, 0) is 45.2 Å². The van der Waals surface area contributed by atoms with Crippen LogP contribution < -0.4 is 10.9 Å². The maximum atomic E-state index is 13.1. The van der Waals surface area contributed by atoms with E-state index >= 15 is 0 Å². The Morgan fingerprint density at radius 3 is 2.43 bits per heavy atom. The molecular formula is C21H27N5O2. The lowest BCUT2D eigenvalue weighted by Crippen LogP contribution is -2.38. The summed E-state index contributed by atoms with van der Waals surface area (Å²) in [6, 6.07) is 8.96. The van der Waals surface area contributed by atoms with Crippen molar-refractivity contribution in [2.45, 2.75) is 47.1 Å². The molecule has 1 unspecified atom stereocenters. The first-order valence-corrected chi connectivity index (χ1v) is 9.63. The predicted octanol–water partition coefficient (Wildman–Crippen LogP) is 2.92. The Labute approximate surface area is 164 Å². The molecule has 0 aliphatic carbocycles. The van der Waals surface area contributed by atoms with Crippen LogP contribution in [0.2, 0.25) is 0 Å². The molecule has 1 atom stereocenters. The van der Waals surface area contributed by atoms with Gasteiger partial charge in [0.1, 0.15) is 11.6 Å².